The summed E-state index contributed by atoms with van der Waals surface area (Å²) in [5, 5.41) is 11.0. The summed E-state index contributed by atoms with van der Waals surface area (Å²) in [5.41, 5.74) is 1.49. The number of amides is 2. The molecular formula is C19H15NO6S. The van der Waals surface area contributed by atoms with Crippen molar-refractivity contribution in [1.82, 2.24) is 5.06 Å². The molecule has 3 aromatic carbocycles. The van der Waals surface area contributed by atoms with Crippen LogP contribution in [-0.2, 0) is 10.1 Å². The van der Waals surface area contributed by atoms with E-state index in [1.165, 1.54) is 12.1 Å². The molecule has 3 aromatic rings. The highest BCUT2D eigenvalue weighted by atomic mass is 32.2. The third-order valence-electron chi connectivity index (χ3n) is 4.08. The fourth-order valence-corrected chi connectivity index (χ4v) is 3.18. The summed E-state index contributed by atoms with van der Waals surface area (Å²) in [5.74, 6) is -1.32. The molecule has 0 spiro atoms. The molecule has 1 aliphatic heterocycles. The van der Waals surface area contributed by atoms with E-state index in [0.717, 1.165) is 10.9 Å². The highest BCUT2D eigenvalue weighted by Crippen LogP contribution is 2.29. The van der Waals surface area contributed by atoms with Gasteiger partial charge in [0, 0.05) is 0 Å². The molecule has 138 valence electrons. The van der Waals surface area contributed by atoms with Gasteiger partial charge >= 0.3 is 0 Å². The van der Waals surface area contributed by atoms with Gasteiger partial charge in [-0.25, -0.2) is 0 Å². The Bertz CT molecular complexity index is 1150. The summed E-state index contributed by atoms with van der Waals surface area (Å²) in [6, 6.07) is 16.6. The SMILES string of the molecule is Cc1ccc(S(=O)(=O)O)cc1.O=C1c2ccc3ccccc3c2C(=O)N1O. The summed E-state index contributed by atoms with van der Waals surface area (Å²) in [4.78, 5) is 23.1. The molecule has 0 radical (unpaired) electrons. The van der Waals surface area contributed by atoms with Crippen LogP contribution >= 0.6 is 0 Å². The molecule has 2 amide bonds. The molecule has 1 aliphatic rings. The number of imide groups is 1. The second kappa shape index (κ2) is 6.92. The maximum Gasteiger partial charge on any atom is 0.294 e. The Labute approximate surface area is 155 Å². The van der Waals surface area contributed by atoms with E-state index in [2.05, 4.69) is 0 Å². The first-order valence-electron chi connectivity index (χ1n) is 7.83. The predicted molar refractivity (Wildman–Crippen MR) is 97.2 cm³/mol. The van der Waals surface area contributed by atoms with E-state index < -0.39 is 21.9 Å². The first kappa shape index (κ1) is 18.7. The molecule has 0 atom stereocenters. The summed E-state index contributed by atoms with van der Waals surface area (Å²) >= 11 is 0. The third-order valence-corrected chi connectivity index (χ3v) is 4.94. The van der Waals surface area contributed by atoms with Crippen LogP contribution in [0.25, 0.3) is 10.8 Å². The smallest absolute Gasteiger partial charge is 0.282 e. The van der Waals surface area contributed by atoms with Crippen LogP contribution in [-0.4, -0.2) is 35.1 Å². The Hall–Kier alpha value is -3.07. The third kappa shape index (κ3) is 3.59. The van der Waals surface area contributed by atoms with Crippen molar-refractivity contribution in [2.24, 2.45) is 0 Å². The van der Waals surface area contributed by atoms with Crippen molar-refractivity contribution in [3.8, 4) is 0 Å². The van der Waals surface area contributed by atoms with E-state index in [1.807, 2.05) is 19.1 Å². The molecule has 1 heterocycles. The molecule has 0 aliphatic carbocycles. The van der Waals surface area contributed by atoms with Gasteiger partial charge in [0.2, 0.25) is 0 Å². The molecule has 8 heteroatoms. The number of hydrogen-bond acceptors (Lipinski definition) is 5. The summed E-state index contributed by atoms with van der Waals surface area (Å²) < 4.78 is 29.6. The van der Waals surface area contributed by atoms with Gasteiger partial charge in [0.05, 0.1) is 16.0 Å². The Morgan fingerprint density at radius 2 is 1.48 bits per heavy atom. The second-order valence-corrected chi connectivity index (χ2v) is 7.34. The van der Waals surface area contributed by atoms with Crippen molar-refractivity contribution in [2.75, 3.05) is 0 Å². The van der Waals surface area contributed by atoms with E-state index >= 15 is 0 Å². The molecule has 0 aromatic heterocycles. The minimum atomic E-state index is -4.02. The van der Waals surface area contributed by atoms with E-state index in [-0.39, 0.29) is 21.1 Å². The Morgan fingerprint density at radius 1 is 0.852 bits per heavy atom. The van der Waals surface area contributed by atoms with Crippen LogP contribution in [0.5, 0.6) is 0 Å². The average molecular weight is 385 g/mol. The molecule has 0 fully saturated rings. The molecule has 0 saturated heterocycles. The quantitative estimate of drug-likeness (QED) is 0.378. The lowest BCUT2D eigenvalue weighted by molar-refractivity contribution is -0.0326. The summed E-state index contributed by atoms with van der Waals surface area (Å²) in [6.07, 6.45) is 0. The Kier molecular flexibility index (Phi) is 4.79. The van der Waals surface area contributed by atoms with Gasteiger partial charge in [-0.3, -0.25) is 19.3 Å². The maximum atomic E-state index is 11.7. The fourth-order valence-electron chi connectivity index (χ4n) is 2.70. The van der Waals surface area contributed by atoms with Gasteiger partial charge in [0.15, 0.2) is 0 Å². The zero-order chi connectivity index (χ0) is 19.8. The summed E-state index contributed by atoms with van der Waals surface area (Å²) in [7, 11) is -4.02. The van der Waals surface area contributed by atoms with E-state index in [0.29, 0.717) is 5.39 Å². The van der Waals surface area contributed by atoms with Crippen molar-refractivity contribution < 1.29 is 27.8 Å². The minimum Gasteiger partial charge on any atom is -0.282 e. The highest BCUT2D eigenvalue weighted by Gasteiger charge is 2.36. The molecule has 27 heavy (non-hydrogen) atoms. The number of rotatable bonds is 1. The summed E-state index contributed by atoms with van der Waals surface area (Å²) in [6.45, 7) is 1.84. The van der Waals surface area contributed by atoms with Crippen LogP contribution in [0.1, 0.15) is 26.3 Å². The predicted octanol–water partition coefficient (Wildman–Crippen LogP) is 3.07. The normalized spacial score (nSPS) is 13.4. The topological polar surface area (TPSA) is 112 Å². The lowest BCUT2D eigenvalue weighted by Crippen LogP contribution is -2.25. The standard InChI is InChI=1S/C12H7NO3.C7H8O3S/c14-11-9-6-5-7-3-1-2-4-8(7)10(9)12(15)13(11)16;1-6-2-4-7(5-3-6)11(8,9)10/h1-6,16H;2-5H,1H3,(H,8,9,10). The number of hydrogen-bond donors (Lipinski definition) is 2. The van der Waals surface area contributed by atoms with Crippen molar-refractivity contribution >= 4 is 32.7 Å². The van der Waals surface area contributed by atoms with Crippen LogP contribution in [0.15, 0.2) is 65.6 Å². The number of aryl methyl sites for hydroxylation is 1. The first-order valence-corrected chi connectivity index (χ1v) is 9.27. The van der Waals surface area contributed by atoms with Crippen molar-refractivity contribution in [3.05, 3.63) is 77.4 Å². The maximum absolute atomic E-state index is 11.7. The number of nitrogens with zero attached hydrogens (tertiary/aromatic N) is 1. The molecular weight excluding hydrogens is 370 g/mol. The lowest BCUT2D eigenvalue weighted by Gasteiger charge is -2.01. The van der Waals surface area contributed by atoms with Crippen molar-refractivity contribution in [1.29, 1.82) is 0 Å². The number of carbonyl (C=O) groups is 2. The second-order valence-electron chi connectivity index (χ2n) is 5.92. The minimum absolute atomic E-state index is 0.0666. The zero-order valence-corrected chi connectivity index (χ0v) is 15.0. The molecule has 2 N–H and O–H groups in total. The van der Waals surface area contributed by atoms with E-state index in [1.54, 1.807) is 36.4 Å². The van der Waals surface area contributed by atoms with Gasteiger partial charge in [-0.05, 0) is 35.9 Å². The van der Waals surface area contributed by atoms with Crippen LogP contribution < -0.4 is 0 Å². The van der Waals surface area contributed by atoms with Gasteiger partial charge in [0.25, 0.3) is 21.9 Å². The number of carbonyl (C=O) groups excluding carboxylic acids is 2. The van der Waals surface area contributed by atoms with Gasteiger partial charge in [0.1, 0.15) is 0 Å². The van der Waals surface area contributed by atoms with Gasteiger partial charge in [-0.15, -0.1) is 5.06 Å². The van der Waals surface area contributed by atoms with Crippen LogP contribution in [0.4, 0.5) is 0 Å². The Morgan fingerprint density at radius 3 is 2.11 bits per heavy atom. The molecule has 0 unspecified atom stereocenters. The lowest BCUT2D eigenvalue weighted by atomic mass is 10.0. The molecule has 0 bridgehead atoms. The van der Waals surface area contributed by atoms with E-state index in [4.69, 9.17) is 4.55 Å². The number of fused-ring (bicyclic) bond motifs is 3. The van der Waals surface area contributed by atoms with E-state index in [9.17, 15) is 23.2 Å². The highest BCUT2D eigenvalue weighted by molar-refractivity contribution is 7.85. The van der Waals surface area contributed by atoms with Crippen LogP contribution in [0, 0.1) is 6.92 Å². The molecule has 0 saturated carbocycles. The van der Waals surface area contributed by atoms with Crippen LogP contribution in [0.2, 0.25) is 0 Å². The van der Waals surface area contributed by atoms with Crippen LogP contribution in [0.3, 0.4) is 0 Å². The monoisotopic (exact) mass is 385 g/mol. The zero-order valence-electron chi connectivity index (χ0n) is 14.2. The van der Waals surface area contributed by atoms with Crippen molar-refractivity contribution in [3.63, 3.8) is 0 Å². The van der Waals surface area contributed by atoms with Gasteiger partial charge < -0.3 is 0 Å². The van der Waals surface area contributed by atoms with Gasteiger partial charge in [-0.1, -0.05) is 48.0 Å². The Balaban J connectivity index is 0.000000168. The fraction of sp³-hybridized carbons (Fsp3) is 0.0526. The van der Waals surface area contributed by atoms with Crippen molar-refractivity contribution in [2.45, 2.75) is 11.8 Å². The molecule has 4 rings (SSSR count). The number of hydroxylamine groups is 2. The first-order chi connectivity index (χ1) is 12.7. The average Bonchev–Trinajstić information content (AvgIpc) is 2.86. The largest absolute Gasteiger partial charge is 0.294 e. The van der Waals surface area contributed by atoms with Gasteiger partial charge in [-0.2, -0.15) is 8.42 Å². The molecule has 7 nitrogen and oxygen atoms in total. The number of benzene rings is 3.